The van der Waals surface area contributed by atoms with E-state index >= 15 is 0 Å². The number of rotatable bonds is 2. The van der Waals surface area contributed by atoms with Crippen molar-refractivity contribution >= 4 is 34.0 Å². The summed E-state index contributed by atoms with van der Waals surface area (Å²) in [5, 5.41) is 2.54. The van der Waals surface area contributed by atoms with Crippen molar-refractivity contribution in [3.05, 3.63) is 77.1 Å². The molecule has 0 amide bonds. The topological polar surface area (TPSA) is 19.7 Å². The molecule has 2 heterocycles. The van der Waals surface area contributed by atoms with E-state index in [1.165, 1.54) is 44.3 Å². The van der Waals surface area contributed by atoms with E-state index in [2.05, 4.69) is 97.2 Å². The fraction of sp³-hybridized carbons (Fsp3) is 0.136. The van der Waals surface area contributed by atoms with Crippen LogP contribution in [0.5, 0.6) is 0 Å². The summed E-state index contributed by atoms with van der Waals surface area (Å²) in [6.45, 7) is 4.26. The van der Waals surface area contributed by atoms with Gasteiger partial charge in [0.1, 0.15) is 7.05 Å². The summed E-state index contributed by atoms with van der Waals surface area (Å²) in [6.07, 6.45) is 4.41. The van der Waals surface area contributed by atoms with Gasteiger partial charge in [0, 0.05) is 45.8 Å². The maximum atomic E-state index is 3.46. The van der Waals surface area contributed by atoms with Gasteiger partial charge in [0.2, 0.25) is 11.2 Å². The van der Waals surface area contributed by atoms with Crippen molar-refractivity contribution in [2.45, 2.75) is 13.8 Å². The maximum absolute atomic E-state index is 3.46. The molecule has 0 unspecified atom stereocenters. The number of H-pyrrole nitrogens is 1. The second-order valence-electron chi connectivity index (χ2n) is 6.42. The van der Waals surface area contributed by atoms with Crippen LogP contribution in [0.15, 0.2) is 54.6 Å². The molecule has 0 radical (unpaired) electrons. The lowest BCUT2D eigenvalue weighted by molar-refractivity contribution is -0.646. The maximum Gasteiger partial charge on any atom is 0.212 e. The van der Waals surface area contributed by atoms with Gasteiger partial charge in [-0.05, 0) is 38.1 Å². The summed E-state index contributed by atoms with van der Waals surface area (Å²) < 4.78 is 2.25. The molecule has 0 spiro atoms. The SMILES string of the molecule is Cc1ccc2c(ccc(/C=C/c3c(C)[nH]c4ccccc34)[n+]2C)c1. The smallest absolute Gasteiger partial charge is 0.212 e. The number of fused-ring (bicyclic) bond motifs is 2. The Morgan fingerprint density at radius 3 is 2.62 bits per heavy atom. The van der Waals surface area contributed by atoms with Gasteiger partial charge in [-0.3, -0.25) is 0 Å². The van der Waals surface area contributed by atoms with Crippen molar-refractivity contribution in [2.75, 3.05) is 0 Å². The number of aromatic amines is 1. The minimum Gasteiger partial charge on any atom is -0.358 e. The van der Waals surface area contributed by atoms with Crippen LogP contribution in [0.3, 0.4) is 0 Å². The van der Waals surface area contributed by atoms with Crippen LogP contribution in [0.4, 0.5) is 0 Å². The van der Waals surface area contributed by atoms with E-state index in [-0.39, 0.29) is 0 Å². The molecule has 0 atom stereocenters. The van der Waals surface area contributed by atoms with Gasteiger partial charge in [-0.1, -0.05) is 29.8 Å². The van der Waals surface area contributed by atoms with Crippen LogP contribution in [-0.2, 0) is 7.05 Å². The second kappa shape index (κ2) is 5.64. The van der Waals surface area contributed by atoms with Crippen molar-refractivity contribution < 1.29 is 4.57 Å². The van der Waals surface area contributed by atoms with Gasteiger partial charge >= 0.3 is 0 Å². The Labute approximate surface area is 142 Å². The van der Waals surface area contributed by atoms with Crippen molar-refractivity contribution in [1.82, 2.24) is 4.98 Å². The van der Waals surface area contributed by atoms with E-state index < -0.39 is 0 Å². The molecule has 118 valence electrons. The highest BCUT2D eigenvalue weighted by Crippen LogP contribution is 2.24. The molecule has 2 nitrogen and oxygen atoms in total. The Morgan fingerprint density at radius 2 is 1.75 bits per heavy atom. The molecule has 0 aliphatic heterocycles. The Bertz CT molecular complexity index is 1080. The van der Waals surface area contributed by atoms with Crippen LogP contribution in [0.2, 0.25) is 0 Å². The lowest BCUT2D eigenvalue weighted by Crippen LogP contribution is -2.32. The first-order chi connectivity index (χ1) is 11.6. The minimum absolute atomic E-state index is 1.19. The van der Waals surface area contributed by atoms with Gasteiger partial charge in [0.05, 0.1) is 0 Å². The lowest BCUT2D eigenvalue weighted by Gasteiger charge is -2.01. The zero-order valence-electron chi connectivity index (χ0n) is 14.3. The first kappa shape index (κ1) is 14.7. The largest absolute Gasteiger partial charge is 0.358 e. The number of hydrogen-bond acceptors (Lipinski definition) is 0. The normalized spacial score (nSPS) is 11.8. The molecule has 4 rings (SSSR count). The van der Waals surface area contributed by atoms with Crippen LogP contribution >= 0.6 is 0 Å². The van der Waals surface area contributed by atoms with Crippen LogP contribution in [0.25, 0.3) is 34.0 Å². The van der Waals surface area contributed by atoms with Gasteiger partial charge in [-0.25, -0.2) is 0 Å². The summed E-state index contributed by atoms with van der Waals surface area (Å²) in [5.41, 5.74) is 7.38. The number of nitrogens with one attached hydrogen (secondary N) is 1. The molecule has 2 aromatic heterocycles. The third kappa shape index (κ3) is 2.41. The molecule has 0 fully saturated rings. The van der Waals surface area contributed by atoms with E-state index in [1.807, 2.05) is 0 Å². The Kier molecular flexibility index (Phi) is 3.46. The van der Waals surface area contributed by atoms with Gasteiger partial charge in [0.15, 0.2) is 0 Å². The molecule has 0 aliphatic carbocycles. The van der Waals surface area contributed by atoms with Gasteiger partial charge in [0.25, 0.3) is 0 Å². The molecule has 24 heavy (non-hydrogen) atoms. The summed E-state index contributed by atoms with van der Waals surface area (Å²) in [6, 6.07) is 19.4. The fourth-order valence-corrected chi connectivity index (χ4v) is 3.39. The predicted molar refractivity (Wildman–Crippen MR) is 102 cm³/mol. The van der Waals surface area contributed by atoms with E-state index in [1.54, 1.807) is 0 Å². The minimum atomic E-state index is 1.19. The molecule has 4 aromatic rings. The monoisotopic (exact) mass is 313 g/mol. The number of hydrogen-bond donors (Lipinski definition) is 1. The van der Waals surface area contributed by atoms with Gasteiger partial charge in [-0.15, -0.1) is 0 Å². The van der Waals surface area contributed by atoms with Gasteiger partial charge in [-0.2, -0.15) is 4.57 Å². The quantitative estimate of drug-likeness (QED) is 0.506. The molecule has 0 saturated heterocycles. The Hall–Kier alpha value is -2.87. The highest BCUT2D eigenvalue weighted by Gasteiger charge is 2.10. The average molecular weight is 313 g/mol. The first-order valence-corrected chi connectivity index (χ1v) is 8.28. The molecule has 0 saturated carbocycles. The average Bonchev–Trinajstić information content (AvgIpc) is 2.89. The third-order valence-corrected chi connectivity index (χ3v) is 4.73. The zero-order chi connectivity index (χ0) is 16.7. The number of aryl methyl sites for hydroxylation is 3. The third-order valence-electron chi connectivity index (χ3n) is 4.73. The van der Waals surface area contributed by atoms with Crippen LogP contribution in [0.1, 0.15) is 22.5 Å². The number of aromatic nitrogens is 2. The molecule has 2 heteroatoms. The molecule has 0 aliphatic rings. The van der Waals surface area contributed by atoms with Crippen molar-refractivity contribution in [3.63, 3.8) is 0 Å². The second-order valence-corrected chi connectivity index (χ2v) is 6.42. The van der Waals surface area contributed by atoms with Crippen molar-refractivity contribution in [1.29, 1.82) is 0 Å². The summed E-state index contributed by atoms with van der Waals surface area (Å²) in [7, 11) is 2.12. The number of nitrogens with zero attached hydrogens (tertiary/aromatic N) is 1. The van der Waals surface area contributed by atoms with E-state index in [0.717, 1.165) is 0 Å². The Morgan fingerprint density at radius 1 is 0.917 bits per heavy atom. The van der Waals surface area contributed by atoms with E-state index in [4.69, 9.17) is 0 Å². The van der Waals surface area contributed by atoms with E-state index in [0.29, 0.717) is 0 Å². The number of pyridine rings is 1. The summed E-state index contributed by atoms with van der Waals surface area (Å²) in [4.78, 5) is 3.46. The van der Waals surface area contributed by atoms with Crippen molar-refractivity contribution in [3.8, 4) is 0 Å². The molecule has 1 N–H and O–H groups in total. The number of para-hydroxylation sites is 1. The Balaban J connectivity index is 1.81. The van der Waals surface area contributed by atoms with Gasteiger partial charge < -0.3 is 4.98 Å². The standard InChI is InChI=1S/C22H20N2/c1-15-8-13-22-17(14-15)9-10-18(24(22)3)11-12-19-16(2)23-21-7-5-4-6-20(19)21/h4-14H,1-3H3/p+1. The predicted octanol–water partition coefficient (Wildman–Crippen LogP) is 4.93. The number of benzene rings is 2. The van der Waals surface area contributed by atoms with Crippen LogP contribution in [0, 0.1) is 13.8 Å². The summed E-state index contributed by atoms with van der Waals surface area (Å²) >= 11 is 0. The highest BCUT2D eigenvalue weighted by molar-refractivity contribution is 5.92. The fourth-order valence-electron chi connectivity index (χ4n) is 3.39. The molecular formula is C22H21N2+. The van der Waals surface area contributed by atoms with Crippen LogP contribution in [-0.4, -0.2) is 4.98 Å². The molecular weight excluding hydrogens is 292 g/mol. The van der Waals surface area contributed by atoms with Crippen molar-refractivity contribution in [2.24, 2.45) is 7.05 Å². The van der Waals surface area contributed by atoms with Crippen LogP contribution < -0.4 is 4.57 Å². The molecule has 0 bridgehead atoms. The first-order valence-electron chi connectivity index (χ1n) is 8.28. The molecule has 2 aromatic carbocycles. The van der Waals surface area contributed by atoms with E-state index in [9.17, 15) is 0 Å². The zero-order valence-corrected chi connectivity index (χ0v) is 14.3. The lowest BCUT2D eigenvalue weighted by atomic mass is 10.1. The summed E-state index contributed by atoms with van der Waals surface area (Å²) in [5.74, 6) is 0. The highest BCUT2D eigenvalue weighted by atomic mass is 14.9.